The van der Waals surface area contributed by atoms with Crippen LogP contribution in [0.5, 0.6) is 5.75 Å². The number of carbonyl (C=O) groups excluding carboxylic acids is 2. The predicted molar refractivity (Wildman–Crippen MR) is 128 cm³/mol. The van der Waals surface area contributed by atoms with Crippen LogP contribution in [0.2, 0.25) is 0 Å². The fourth-order valence-electron chi connectivity index (χ4n) is 4.38. The minimum atomic E-state index is -0.128. The highest BCUT2D eigenvalue weighted by Gasteiger charge is 2.17. The highest BCUT2D eigenvalue weighted by Crippen LogP contribution is 2.18. The molecule has 174 valence electrons. The summed E-state index contributed by atoms with van der Waals surface area (Å²) in [4.78, 5) is 32.1. The van der Waals surface area contributed by atoms with Crippen LogP contribution in [0.25, 0.3) is 11.0 Å². The summed E-state index contributed by atoms with van der Waals surface area (Å²) in [6.45, 7) is 2.80. The van der Waals surface area contributed by atoms with Gasteiger partial charge in [-0.05, 0) is 49.2 Å². The number of ether oxygens (including phenoxy) is 1. The zero-order valence-electron chi connectivity index (χ0n) is 19.3. The number of hydrogen-bond acceptors (Lipinski definition) is 4. The molecule has 0 spiro atoms. The summed E-state index contributed by atoms with van der Waals surface area (Å²) in [6.07, 6.45) is 5.67. The van der Waals surface area contributed by atoms with E-state index in [1.807, 2.05) is 29.2 Å². The van der Waals surface area contributed by atoms with Crippen LogP contribution in [0, 0.1) is 0 Å². The predicted octanol–water partition coefficient (Wildman–Crippen LogP) is 3.81. The number of methoxy groups -OCH3 is 1. The Morgan fingerprint density at radius 2 is 1.73 bits per heavy atom. The molecule has 1 saturated heterocycles. The lowest BCUT2D eigenvalue weighted by atomic mass is 10.2. The molecule has 2 heterocycles. The Hall–Kier alpha value is -3.35. The van der Waals surface area contributed by atoms with Crippen molar-refractivity contribution in [3.63, 3.8) is 0 Å². The maximum atomic E-state index is 12.8. The molecule has 0 radical (unpaired) electrons. The quantitative estimate of drug-likeness (QED) is 0.569. The van der Waals surface area contributed by atoms with Gasteiger partial charge >= 0.3 is 0 Å². The van der Waals surface area contributed by atoms with Gasteiger partial charge in [0.15, 0.2) is 0 Å². The molecule has 0 aliphatic carbocycles. The van der Waals surface area contributed by atoms with E-state index in [9.17, 15) is 9.59 Å². The zero-order valence-corrected chi connectivity index (χ0v) is 19.3. The molecule has 7 nitrogen and oxygen atoms in total. The molecule has 0 bridgehead atoms. The summed E-state index contributed by atoms with van der Waals surface area (Å²) in [5.41, 5.74) is 2.53. The molecule has 1 aromatic heterocycles. The Balaban J connectivity index is 1.40. The number of carbonyl (C=O) groups is 2. The average molecular weight is 449 g/mol. The first kappa shape index (κ1) is 22.8. The number of amides is 2. The van der Waals surface area contributed by atoms with Gasteiger partial charge < -0.3 is 19.5 Å². The van der Waals surface area contributed by atoms with E-state index in [4.69, 9.17) is 9.72 Å². The zero-order chi connectivity index (χ0) is 23.0. The van der Waals surface area contributed by atoms with Gasteiger partial charge in [0, 0.05) is 44.6 Å². The third-order valence-corrected chi connectivity index (χ3v) is 6.23. The van der Waals surface area contributed by atoms with E-state index in [1.54, 1.807) is 31.4 Å². The van der Waals surface area contributed by atoms with Crippen molar-refractivity contribution < 1.29 is 14.3 Å². The van der Waals surface area contributed by atoms with Gasteiger partial charge in [0.2, 0.25) is 5.91 Å². The van der Waals surface area contributed by atoms with Gasteiger partial charge in [0.25, 0.3) is 5.91 Å². The molecule has 1 fully saturated rings. The molecule has 4 rings (SSSR count). The second-order valence-electron chi connectivity index (χ2n) is 8.45. The average Bonchev–Trinajstić information content (AvgIpc) is 3.00. The fraction of sp³-hybridized carbons (Fsp3) is 0.423. The number of aryl methyl sites for hydroxylation is 1. The lowest BCUT2D eigenvalue weighted by Crippen LogP contribution is -2.32. The Labute approximate surface area is 194 Å². The second-order valence-corrected chi connectivity index (χ2v) is 8.45. The van der Waals surface area contributed by atoms with Crippen LogP contribution in [0.4, 0.5) is 0 Å². The number of nitrogens with zero attached hydrogens (tertiary/aromatic N) is 3. The molecule has 1 aliphatic heterocycles. The molecule has 1 aliphatic rings. The third-order valence-electron chi connectivity index (χ3n) is 6.23. The normalized spacial score (nSPS) is 14.2. The van der Waals surface area contributed by atoms with Gasteiger partial charge in [0.1, 0.15) is 11.6 Å². The van der Waals surface area contributed by atoms with Gasteiger partial charge in [-0.15, -0.1) is 0 Å². The third kappa shape index (κ3) is 5.72. The van der Waals surface area contributed by atoms with Crippen LogP contribution < -0.4 is 10.1 Å². The molecule has 2 amide bonds. The highest BCUT2D eigenvalue weighted by molar-refractivity contribution is 5.94. The Morgan fingerprint density at radius 1 is 1.00 bits per heavy atom. The SMILES string of the molecule is COc1ccc(C(=O)NCCc2nc3ccccc3n2CCC(=O)N2CCCCCC2)cc1. The number of rotatable bonds is 8. The van der Waals surface area contributed by atoms with Crippen LogP contribution in [-0.4, -0.2) is 53.0 Å². The number of nitrogens with one attached hydrogen (secondary N) is 1. The number of aromatic nitrogens is 2. The Kier molecular flexibility index (Phi) is 7.60. The Morgan fingerprint density at radius 3 is 2.45 bits per heavy atom. The minimum absolute atomic E-state index is 0.128. The van der Waals surface area contributed by atoms with Gasteiger partial charge in [-0.3, -0.25) is 9.59 Å². The summed E-state index contributed by atoms with van der Waals surface area (Å²) in [6, 6.07) is 15.0. The monoisotopic (exact) mass is 448 g/mol. The van der Waals surface area contributed by atoms with Crippen molar-refractivity contribution >= 4 is 22.8 Å². The van der Waals surface area contributed by atoms with Gasteiger partial charge in [-0.1, -0.05) is 25.0 Å². The number of benzene rings is 2. The molecule has 33 heavy (non-hydrogen) atoms. The van der Waals surface area contributed by atoms with Crippen LogP contribution in [0.15, 0.2) is 48.5 Å². The maximum absolute atomic E-state index is 12.8. The van der Waals surface area contributed by atoms with E-state index in [-0.39, 0.29) is 11.8 Å². The lowest BCUT2D eigenvalue weighted by Gasteiger charge is -2.20. The van der Waals surface area contributed by atoms with E-state index < -0.39 is 0 Å². The first-order valence-corrected chi connectivity index (χ1v) is 11.8. The molecule has 3 aromatic rings. The molecular formula is C26H32N4O3. The van der Waals surface area contributed by atoms with Gasteiger partial charge in [0.05, 0.1) is 18.1 Å². The molecule has 1 N–H and O–H groups in total. The Bertz CT molecular complexity index is 1080. The number of para-hydroxylation sites is 2. The van der Waals surface area contributed by atoms with Crippen LogP contribution in [0.1, 0.15) is 48.3 Å². The van der Waals surface area contributed by atoms with Crippen molar-refractivity contribution in [2.24, 2.45) is 0 Å². The van der Waals surface area contributed by atoms with Crippen molar-refractivity contribution in [2.75, 3.05) is 26.7 Å². The topological polar surface area (TPSA) is 76.5 Å². The fourth-order valence-corrected chi connectivity index (χ4v) is 4.38. The largest absolute Gasteiger partial charge is 0.497 e. The van der Waals surface area contributed by atoms with E-state index >= 15 is 0 Å². The molecule has 7 heteroatoms. The van der Waals surface area contributed by atoms with Crippen LogP contribution in [0.3, 0.4) is 0 Å². The van der Waals surface area contributed by atoms with Crippen LogP contribution >= 0.6 is 0 Å². The van der Waals surface area contributed by atoms with E-state index in [0.29, 0.717) is 31.5 Å². The number of fused-ring (bicyclic) bond motifs is 1. The second kappa shape index (κ2) is 11.0. The standard InChI is InChI=1S/C26H32N4O3/c1-33-21-12-10-20(11-13-21)26(32)27-16-14-24-28-22-8-4-5-9-23(22)30(24)19-15-25(31)29-17-6-2-3-7-18-29/h4-5,8-13H,2-3,6-7,14-19H2,1H3,(H,27,32). The number of likely N-dealkylation sites (tertiary alicyclic amines) is 1. The molecular weight excluding hydrogens is 416 g/mol. The summed E-state index contributed by atoms with van der Waals surface area (Å²) >= 11 is 0. The van der Waals surface area contributed by atoms with Crippen LogP contribution in [-0.2, 0) is 17.8 Å². The first-order chi connectivity index (χ1) is 16.2. The van der Waals surface area contributed by atoms with Crippen molar-refractivity contribution in [1.82, 2.24) is 19.8 Å². The van der Waals surface area contributed by atoms with Crippen molar-refractivity contribution in [1.29, 1.82) is 0 Å². The van der Waals surface area contributed by atoms with E-state index in [0.717, 1.165) is 48.5 Å². The minimum Gasteiger partial charge on any atom is -0.497 e. The molecule has 2 aromatic carbocycles. The van der Waals surface area contributed by atoms with E-state index in [1.165, 1.54) is 12.8 Å². The van der Waals surface area contributed by atoms with Crippen molar-refractivity contribution in [3.05, 3.63) is 59.9 Å². The number of imidazole rings is 1. The highest BCUT2D eigenvalue weighted by atomic mass is 16.5. The molecule has 0 unspecified atom stereocenters. The van der Waals surface area contributed by atoms with Crippen molar-refractivity contribution in [3.8, 4) is 5.75 Å². The summed E-state index contributed by atoms with van der Waals surface area (Å²) < 4.78 is 7.27. The van der Waals surface area contributed by atoms with Gasteiger partial charge in [-0.25, -0.2) is 4.98 Å². The van der Waals surface area contributed by atoms with Crippen molar-refractivity contribution in [2.45, 2.75) is 45.1 Å². The summed E-state index contributed by atoms with van der Waals surface area (Å²) in [5, 5.41) is 2.97. The smallest absolute Gasteiger partial charge is 0.251 e. The molecule has 0 atom stereocenters. The number of hydrogen-bond donors (Lipinski definition) is 1. The summed E-state index contributed by atoms with van der Waals surface area (Å²) in [5.74, 6) is 1.69. The van der Waals surface area contributed by atoms with E-state index in [2.05, 4.69) is 9.88 Å². The maximum Gasteiger partial charge on any atom is 0.251 e. The lowest BCUT2D eigenvalue weighted by molar-refractivity contribution is -0.131. The summed E-state index contributed by atoms with van der Waals surface area (Å²) in [7, 11) is 1.60. The van der Waals surface area contributed by atoms with Gasteiger partial charge in [-0.2, -0.15) is 0 Å². The molecule has 0 saturated carbocycles. The first-order valence-electron chi connectivity index (χ1n) is 11.8.